The molecule has 0 saturated heterocycles. The molecule has 2 rings (SSSR count). The Kier molecular flexibility index (Phi) is 4.18. The summed E-state index contributed by atoms with van der Waals surface area (Å²) in [6, 6.07) is 13.7. The molecule has 2 aromatic carbocycles. The number of ether oxygens (including phenoxy) is 1. The summed E-state index contributed by atoms with van der Waals surface area (Å²) in [5, 5.41) is 0. The fraction of sp³-hybridized carbons (Fsp3) is 0.235. The molecule has 104 valence electrons. The zero-order valence-electron chi connectivity index (χ0n) is 11.6. The van der Waals surface area contributed by atoms with Gasteiger partial charge in [0.05, 0.1) is 12.5 Å². The Balaban J connectivity index is 2.39. The van der Waals surface area contributed by atoms with Crippen LogP contribution in [0.15, 0.2) is 48.5 Å². The molecule has 0 aliphatic rings. The Morgan fingerprint density at radius 3 is 2.60 bits per heavy atom. The second kappa shape index (κ2) is 5.87. The van der Waals surface area contributed by atoms with Gasteiger partial charge < -0.3 is 9.53 Å². The molecular weight excluding hydrogens is 255 g/mol. The van der Waals surface area contributed by atoms with Crippen LogP contribution in [-0.2, 0) is 16.6 Å². The molecule has 0 N–H and O–H groups in total. The van der Waals surface area contributed by atoms with Crippen molar-refractivity contribution < 1.29 is 13.9 Å². The summed E-state index contributed by atoms with van der Waals surface area (Å²) < 4.78 is 18.7. The van der Waals surface area contributed by atoms with Crippen LogP contribution < -0.4 is 4.74 Å². The fourth-order valence-corrected chi connectivity index (χ4v) is 2.30. The van der Waals surface area contributed by atoms with Crippen molar-refractivity contribution in [1.29, 1.82) is 0 Å². The Morgan fingerprint density at radius 1 is 1.20 bits per heavy atom. The van der Waals surface area contributed by atoms with E-state index in [1.165, 1.54) is 12.1 Å². The molecule has 20 heavy (non-hydrogen) atoms. The van der Waals surface area contributed by atoms with E-state index in [4.69, 9.17) is 4.74 Å². The first-order valence-electron chi connectivity index (χ1n) is 6.43. The zero-order valence-corrected chi connectivity index (χ0v) is 11.6. The van der Waals surface area contributed by atoms with Gasteiger partial charge in [-0.1, -0.05) is 30.3 Å². The number of rotatable bonds is 5. The summed E-state index contributed by atoms with van der Waals surface area (Å²) in [6.07, 6.45) is 1.33. The highest BCUT2D eigenvalue weighted by molar-refractivity contribution is 5.69. The van der Waals surface area contributed by atoms with Crippen LogP contribution in [0.1, 0.15) is 18.1 Å². The van der Waals surface area contributed by atoms with E-state index in [0.29, 0.717) is 12.0 Å². The Morgan fingerprint density at radius 2 is 1.95 bits per heavy atom. The minimum atomic E-state index is -0.781. The molecule has 1 unspecified atom stereocenters. The van der Waals surface area contributed by atoms with E-state index < -0.39 is 5.41 Å². The van der Waals surface area contributed by atoms with Gasteiger partial charge in [-0.05, 0) is 42.7 Å². The fourth-order valence-electron chi connectivity index (χ4n) is 2.30. The SMILES string of the molecule is COc1ccccc1CC(C)(C=O)c1cccc(F)c1. The van der Waals surface area contributed by atoms with Gasteiger partial charge in [0, 0.05) is 0 Å². The van der Waals surface area contributed by atoms with Crippen LogP contribution in [0, 0.1) is 5.82 Å². The second-order valence-electron chi connectivity index (χ2n) is 5.03. The molecule has 0 saturated carbocycles. The van der Waals surface area contributed by atoms with Crippen molar-refractivity contribution >= 4 is 6.29 Å². The molecule has 0 spiro atoms. The van der Waals surface area contributed by atoms with E-state index in [1.54, 1.807) is 26.2 Å². The van der Waals surface area contributed by atoms with Crippen molar-refractivity contribution in [3.05, 3.63) is 65.5 Å². The number of carbonyl (C=O) groups excluding carboxylic acids is 1. The van der Waals surface area contributed by atoms with E-state index in [-0.39, 0.29) is 5.82 Å². The first kappa shape index (κ1) is 14.3. The first-order chi connectivity index (χ1) is 9.59. The lowest BCUT2D eigenvalue weighted by molar-refractivity contribution is -0.112. The van der Waals surface area contributed by atoms with Crippen molar-refractivity contribution in [2.45, 2.75) is 18.8 Å². The van der Waals surface area contributed by atoms with Gasteiger partial charge >= 0.3 is 0 Å². The number of para-hydroxylation sites is 1. The topological polar surface area (TPSA) is 26.3 Å². The molecule has 0 bridgehead atoms. The van der Waals surface area contributed by atoms with E-state index in [1.807, 2.05) is 24.3 Å². The van der Waals surface area contributed by atoms with Gasteiger partial charge in [-0.15, -0.1) is 0 Å². The third kappa shape index (κ3) is 2.87. The molecule has 3 heteroatoms. The lowest BCUT2D eigenvalue weighted by Crippen LogP contribution is -2.27. The average molecular weight is 272 g/mol. The van der Waals surface area contributed by atoms with Crippen molar-refractivity contribution in [2.75, 3.05) is 7.11 Å². The molecule has 0 fully saturated rings. The summed E-state index contributed by atoms with van der Waals surface area (Å²) >= 11 is 0. The van der Waals surface area contributed by atoms with Gasteiger partial charge in [0.2, 0.25) is 0 Å². The number of benzene rings is 2. The van der Waals surface area contributed by atoms with Gasteiger partial charge in [0.15, 0.2) is 0 Å². The van der Waals surface area contributed by atoms with Gasteiger partial charge in [0.25, 0.3) is 0 Å². The third-order valence-corrected chi connectivity index (χ3v) is 3.49. The van der Waals surface area contributed by atoms with Gasteiger partial charge in [-0.25, -0.2) is 4.39 Å². The molecule has 0 aromatic heterocycles. The molecule has 0 heterocycles. The lowest BCUT2D eigenvalue weighted by Gasteiger charge is -2.24. The quantitative estimate of drug-likeness (QED) is 0.778. The van der Waals surface area contributed by atoms with Crippen molar-refractivity contribution in [3.8, 4) is 5.75 Å². The molecule has 2 aromatic rings. The molecule has 0 radical (unpaired) electrons. The average Bonchev–Trinajstić information content (AvgIpc) is 2.47. The molecule has 0 aliphatic carbocycles. The summed E-state index contributed by atoms with van der Waals surface area (Å²) in [7, 11) is 1.60. The minimum Gasteiger partial charge on any atom is -0.496 e. The number of methoxy groups -OCH3 is 1. The highest BCUT2D eigenvalue weighted by atomic mass is 19.1. The van der Waals surface area contributed by atoms with E-state index >= 15 is 0 Å². The molecule has 0 amide bonds. The Labute approximate surface area is 118 Å². The Hall–Kier alpha value is -2.16. The van der Waals surface area contributed by atoms with Crippen LogP contribution in [0.2, 0.25) is 0 Å². The predicted molar refractivity (Wildman–Crippen MR) is 76.5 cm³/mol. The smallest absolute Gasteiger partial charge is 0.130 e. The predicted octanol–water partition coefficient (Wildman–Crippen LogP) is 3.53. The van der Waals surface area contributed by atoms with Gasteiger partial charge in [-0.2, -0.15) is 0 Å². The number of hydrogen-bond donors (Lipinski definition) is 0. The van der Waals surface area contributed by atoms with E-state index in [0.717, 1.165) is 17.6 Å². The zero-order chi connectivity index (χ0) is 14.6. The summed E-state index contributed by atoms with van der Waals surface area (Å²) in [5.74, 6) is 0.396. The Bertz CT molecular complexity index is 609. The highest BCUT2D eigenvalue weighted by Crippen LogP contribution is 2.30. The molecule has 0 aliphatic heterocycles. The maximum absolute atomic E-state index is 13.4. The van der Waals surface area contributed by atoms with E-state index in [9.17, 15) is 9.18 Å². The standard InChI is InChI=1S/C17H17FO2/c1-17(12-19,14-7-5-8-15(18)10-14)11-13-6-3-4-9-16(13)20-2/h3-10,12H,11H2,1-2H3. The maximum atomic E-state index is 13.4. The molecule has 2 nitrogen and oxygen atoms in total. The van der Waals surface area contributed by atoms with Crippen LogP contribution in [0.5, 0.6) is 5.75 Å². The van der Waals surface area contributed by atoms with E-state index in [2.05, 4.69) is 0 Å². The summed E-state index contributed by atoms with van der Waals surface area (Å²) in [4.78, 5) is 11.6. The normalized spacial score (nSPS) is 13.6. The number of halogens is 1. The minimum absolute atomic E-state index is 0.337. The molecule has 1 atom stereocenters. The first-order valence-corrected chi connectivity index (χ1v) is 6.43. The van der Waals surface area contributed by atoms with Crippen LogP contribution in [0.25, 0.3) is 0 Å². The number of carbonyl (C=O) groups is 1. The van der Waals surface area contributed by atoms with Gasteiger partial charge in [0.1, 0.15) is 17.9 Å². The van der Waals surface area contributed by atoms with Crippen molar-refractivity contribution in [2.24, 2.45) is 0 Å². The number of hydrogen-bond acceptors (Lipinski definition) is 2. The van der Waals surface area contributed by atoms with Gasteiger partial charge in [-0.3, -0.25) is 0 Å². The van der Waals surface area contributed by atoms with Crippen LogP contribution in [-0.4, -0.2) is 13.4 Å². The molecular formula is C17H17FO2. The van der Waals surface area contributed by atoms with Crippen molar-refractivity contribution in [3.63, 3.8) is 0 Å². The number of aldehydes is 1. The van der Waals surface area contributed by atoms with Crippen molar-refractivity contribution in [1.82, 2.24) is 0 Å². The lowest BCUT2D eigenvalue weighted by atomic mass is 9.78. The van der Waals surface area contributed by atoms with Crippen LogP contribution in [0.4, 0.5) is 4.39 Å². The van der Waals surface area contributed by atoms with Crippen LogP contribution in [0.3, 0.4) is 0 Å². The summed E-state index contributed by atoms with van der Waals surface area (Å²) in [5.41, 5.74) is 0.809. The highest BCUT2D eigenvalue weighted by Gasteiger charge is 2.28. The van der Waals surface area contributed by atoms with Crippen LogP contribution >= 0.6 is 0 Å². The second-order valence-corrected chi connectivity index (χ2v) is 5.03. The largest absolute Gasteiger partial charge is 0.496 e. The maximum Gasteiger partial charge on any atom is 0.130 e. The summed E-state index contributed by atoms with van der Waals surface area (Å²) in [6.45, 7) is 1.81. The monoisotopic (exact) mass is 272 g/mol. The third-order valence-electron chi connectivity index (χ3n) is 3.49.